The molecule has 0 radical (unpaired) electrons. The SMILES string of the molecule is CCC(COC(C)(C)C)C(O)CCCCOCc1ccccc1. The summed E-state index contributed by atoms with van der Waals surface area (Å²) in [7, 11) is 0. The molecule has 0 aliphatic carbocycles. The number of benzene rings is 1. The van der Waals surface area contributed by atoms with Gasteiger partial charge in [-0.3, -0.25) is 0 Å². The topological polar surface area (TPSA) is 38.7 Å². The molecule has 0 aromatic heterocycles. The van der Waals surface area contributed by atoms with E-state index in [0.717, 1.165) is 32.3 Å². The van der Waals surface area contributed by atoms with Crippen molar-refractivity contribution in [3.63, 3.8) is 0 Å². The third-order valence-electron chi connectivity index (χ3n) is 3.95. The van der Waals surface area contributed by atoms with Crippen LogP contribution in [-0.2, 0) is 16.1 Å². The Morgan fingerprint density at radius 1 is 1.09 bits per heavy atom. The van der Waals surface area contributed by atoms with Crippen LogP contribution in [0, 0.1) is 5.92 Å². The van der Waals surface area contributed by atoms with E-state index in [-0.39, 0.29) is 17.6 Å². The summed E-state index contributed by atoms with van der Waals surface area (Å²) in [5.41, 5.74) is 1.07. The zero-order valence-electron chi connectivity index (χ0n) is 15.3. The van der Waals surface area contributed by atoms with Gasteiger partial charge in [-0.25, -0.2) is 0 Å². The van der Waals surface area contributed by atoms with Gasteiger partial charge < -0.3 is 14.6 Å². The average Bonchev–Trinajstić information content (AvgIpc) is 2.51. The summed E-state index contributed by atoms with van der Waals surface area (Å²) in [6.45, 7) is 10.3. The van der Waals surface area contributed by atoms with Crippen LogP contribution >= 0.6 is 0 Å². The van der Waals surface area contributed by atoms with Gasteiger partial charge in [-0.05, 0) is 52.0 Å². The molecule has 0 bridgehead atoms. The normalized spacial score (nSPS) is 14.7. The van der Waals surface area contributed by atoms with Gasteiger partial charge in [0.15, 0.2) is 0 Å². The molecule has 23 heavy (non-hydrogen) atoms. The Labute approximate surface area is 142 Å². The van der Waals surface area contributed by atoms with Crippen LogP contribution in [0.15, 0.2) is 30.3 Å². The Kier molecular flexibility index (Phi) is 9.46. The Morgan fingerprint density at radius 2 is 1.78 bits per heavy atom. The standard InChI is InChI=1S/C20H34O3/c1-5-18(16-23-20(2,3)4)19(21)13-9-10-14-22-15-17-11-7-6-8-12-17/h6-8,11-12,18-19,21H,5,9-10,13-16H2,1-4H3. The van der Waals surface area contributed by atoms with Crippen LogP contribution in [0.2, 0.25) is 0 Å². The molecule has 0 fully saturated rings. The predicted octanol–water partition coefficient (Wildman–Crippen LogP) is 4.58. The van der Waals surface area contributed by atoms with Crippen LogP contribution in [0.3, 0.4) is 0 Å². The highest BCUT2D eigenvalue weighted by atomic mass is 16.5. The molecular weight excluding hydrogens is 288 g/mol. The second-order valence-corrected chi connectivity index (χ2v) is 7.19. The summed E-state index contributed by atoms with van der Waals surface area (Å²) in [4.78, 5) is 0. The summed E-state index contributed by atoms with van der Waals surface area (Å²) in [5.74, 6) is 0.222. The summed E-state index contributed by atoms with van der Waals surface area (Å²) < 4.78 is 11.5. The van der Waals surface area contributed by atoms with Crippen molar-refractivity contribution in [1.29, 1.82) is 0 Å². The molecule has 3 nitrogen and oxygen atoms in total. The van der Waals surface area contributed by atoms with Crippen molar-refractivity contribution in [3.8, 4) is 0 Å². The van der Waals surface area contributed by atoms with Crippen molar-refractivity contribution in [2.75, 3.05) is 13.2 Å². The number of hydrogen-bond donors (Lipinski definition) is 1. The van der Waals surface area contributed by atoms with E-state index in [4.69, 9.17) is 9.47 Å². The van der Waals surface area contributed by atoms with Gasteiger partial charge in [0.05, 0.1) is 24.9 Å². The van der Waals surface area contributed by atoms with E-state index in [1.807, 2.05) is 18.2 Å². The first-order chi connectivity index (χ1) is 10.9. The first kappa shape index (κ1) is 20.1. The molecule has 0 aliphatic rings. The van der Waals surface area contributed by atoms with Crippen LogP contribution in [0.1, 0.15) is 58.9 Å². The third-order valence-corrected chi connectivity index (χ3v) is 3.95. The third kappa shape index (κ3) is 9.75. The molecule has 0 spiro atoms. The van der Waals surface area contributed by atoms with E-state index >= 15 is 0 Å². The fourth-order valence-electron chi connectivity index (χ4n) is 2.42. The Balaban J connectivity index is 2.11. The van der Waals surface area contributed by atoms with Crippen molar-refractivity contribution in [2.45, 2.75) is 71.7 Å². The molecule has 0 amide bonds. The summed E-state index contributed by atoms with van der Waals surface area (Å²) >= 11 is 0. The van der Waals surface area contributed by atoms with E-state index < -0.39 is 0 Å². The lowest BCUT2D eigenvalue weighted by molar-refractivity contribution is -0.0505. The number of rotatable bonds is 11. The number of hydrogen-bond acceptors (Lipinski definition) is 3. The van der Waals surface area contributed by atoms with Crippen LogP contribution in [0.5, 0.6) is 0 Å². The van der Waals surface area contributed by atoms with E-state index in [9.17, 15) is 5.11 Å². The first-order valence-electron chi connectivity index (χ1n) is 8.86. The van der Waals surface area contributed by atoms with Crippen LogP contribution in [-0.4, -0.2) is 30.0 Å². The molecule has 1 N–H and O–H groups in total. The van der Waals surface area contributed by atoms with Gasteiger partial charge >= 0.3 is 0 Å². The minimum absolute atomic E-state index is 0.140. The van der Waals surface area contributed by atoms with Crippen molar-refractivity contribution >= 4 is 0 Å². The van der Waals surface area contributed by atoms with Crippen LogP contribution < -0.4 is 0 Å². The van der Waals surface area contributed by atoms with Gasteiger partial charge in [0.25, 0.3) is 0 Å². The van der Waals surface area contributed by atoms with E-state index in [2.05, 4.69) is 39.8 Å². The molecule has 3 heteroatoms. The van der Waals surface area contributed by atoms with Crippen LogP contribution in [0.4, 0.5) is 0 Å². The molecule has 1 aromatic carbocycles. The number of unbranched alkanes of at least 4 members (excludes halogenated alkanes) is 1. The van der Waals surface area contributed by atoms with Gasteiger partial charge in [-0.1, -0.05) is 37.3 Å². The molecule has 2 unspecified atom stereocenters. The molecule has 0 saturated heterocycles. The summed E-state index contributed by atoms with van der Waals surface area (Å²) in [6, 6.07) is 10.2. The van der Waals surface area contributed by atoms with Crippen molar-refractivity contribution in [2.24, 2.45) is 5.92 Å². The zero-order chi connectivity index (χ0) is 17.1. The van der Waals surface area contributed by atoms with Crippen molar-refractivity contribution in [3.05, 3.63) is 35.9 Å². The molecule has 1 rings (SSSR count). The van der Waals surface area contributed by atoms with Gasteiger partial charge in [0.2, 0.25) is 0 Å². The Bertz CT molecular complexity index is 397. The maximum absolute atomic E-state index is 10.3. The van der Waals surface area contributed by atoms with Crippen molar-refractivity contribution in [1.82, 2.24) is 0 Å². The smallest absolute Gasteiger partial charge is 0.0716 e. The molecular formula is C20H34O3. The second-order valence-electron chi connectivity index (χ2n) is 7.19. The lowest BCUT2D eigenvalue weighted by atomic mass is 9.96. The van der Waals surface area contributed by atoms with Gasteiger partial charge in [-0.2, -0.15) is 0 Å². The van der Waals surface area contributed by atoms with E-state index in [1.54, 1.807) is 0 Å². The van der Waals surface area contributed by atoms with Gasteiger partial charge in [-0.15, -0.1) is 0 Å². The highest BCUT2D eigenvalue weighted by Crippen LogP contribution is 2.18. The highest BCUT2D eigenvalue weighted by Gasteiger charge is 2.20. The van der Waals surface area contributed by atoms with Gasteiger partial charge in [0, 0.05) is 12.5 Å². The number of aliphatic hydroxyl groups is 1. The van der Waals surface area contributed by atoms with E-state index in [1.165, 1.54) is 5.56 Å². The number of ether oxygens (including phenoxy) is 2. The number of aliphatic hydroxyl groups excluding tert-OH is 1. The Hall–Kier alpha value is -0.900. The molecule has 0 saturated carbocycles. The predicted molar refractivity (Wildman–Crippen MR) is 95.4 cm³/mol. The monoisotopic (exact) mass is 322 g/mol. The average molecular weight is 322 g/mol. The fraction of sp³-hybridized carbons (Fsp3) is 0.700. The van der Waals surface area contributed by atoms with Crippen molar-refractivity contribution < 1.29 is 14.6 Å². The summed E-state index contributed by atoms with van der Waals surface area (Å²) in [5, 5.41) is 10.3. The fourth-order valence-corrected chi connectivity index (χ4v) is 2.42. The van der Waals surface area contributed by atoms with E-state index in [0.29, 0.717) is 13.2 Å². The molecule has 1 aromatic rings. The molecule has 0 heterocycles. The lowest BCUT2D eigenvalue weighted by Gasteiger charge is -2.27. The van der Waals surface area contributed by atoms with Gasteiger partial charge in [0.1, 0.15) is 0 Å². The minimum atomic E-state index is -0.281. The molecule has 2 atom stereocenters. The second kappa shape index (κ2) is 10.8. The highest BCUT2D eigenvalue weighted by molar-refractivity contribution is 5.13. The lowest BCUT2D eigenvalue weighted by Crippen LogP contribution is -2.29. The summed E-state index contributed by atoms with van der Waals surface area (Å²) in [6.07, 6.45) is 3.46. The Morgan fingerprint density at radius 3 is 2.39 bits per heavy atom. The maximum atomic E-state index is 10.3. The quantitative estimate of drug-likeness (QED) is 0.606. The molecule has 0 aliphatic heterocycles. The van der Waals surface area contributed by atoms with Crippen LogP contribution in [0.25, 0.3) is 0 Å². The minimum Gasteiger partial charge on any atom is -0.393 e. The molecule has 132 valence electrons. The largest absolute Gasteiger partial charge is 0.393 e. The first-order valence-corrected chi connectivity index (χ1v) is 8.86. The zero-order valence-corrected chi connectivity index (χ0v) is 15.3. The maximum Gasteiger partial charge on any atom is 0.0716 e.